The third kappa shape index (κ3) is 2.53. The van der Waals surface area contributed by atoms with E-state index in [-0.39, 0.29) is 11.5 Å². The number of carbonyl (C=O) groups excluding carboxylic acids is 1. The van der Waals surface area contributed by atoms with Crippen LogP contribution in [0.25, 0.3) is 11.1 Å². The molecule has 0 spiro atoms. The zero-order chi connectivity index (χ0) is 12.3. The van der Waals surface area contributed by atoms with Gasteiger partial charge in [-0.15, -0.1) is 0 Å². The fourth-order valence-electron chi connectivity index (χ4n) is 1.74. The predicted molar refractivity (Wildman–Crippen MR) is 68.2 cm³/mol. The molecule has 0 bridgehead atoms. The van der Waals surface area contributed by atoms with E-state index >= 15 is 0 Å². The van der Waals surface area contributed by atoms with Crippen LogP contribution in [-0.2, 0) is 0 Å². The molecule has 0 fully saturated rings. The monoisotopic (exact) mass is 226 g/mol. The normalized spacial score (nSPS) is 10.2. The number of Topliss-reactive ketones (excluding diaryl/α,β-unsaturated/α-hetero) is 1. The van der Waals surface area contributed by atoms with Crippen molar-refractivity contribution in [1.82, 2.24) is 0 Å². The van der Waals surface area contributed by atoms with Crippen LogP contribution in [0.2, 0.25) is 0 Å². The predicted octanol–water partition coefficient (Wildman–Crippen LogP) is 3.65. The first-order chi connectivity index (χ1) is 8.20. The van der Waals surface area contributed by atoms with Gasteiger partial charge < -0.3 is 5.11 Å². The van der Waals surface area contributed by atoms with E-state index in [0.29, 0.717) is 6.42 Å². The van der Waals surface area contributed by atoms with Crippen molar-refractivity contribution < 1.29 is 9.90 Å². The van der Waals surface area contributed by atoms with Crippen molar-refractivity contribution in [3.8, 4) is 16.9 Å². The summed E-state index contributed by atoms with van der Waals surface area (Å²) in [7, 11) is 0. The molecule has 2 heteroatoms. The first-order valence-electron chi connectivity index (χ1n) is 5.63. The van der Waals surface area contributed by atoms with Gasteiger partial charge in [-0.05, 0) is 23.3 Å². The molecule has 0 aliphatic heterocycles. The Hall–Kier alpha value is -2.09. The molecule has 2 rings (SSSR count). The topological polar surface area (TPSA) is 37.3 Å². The highest BCUT2D eigenvalue weighted by atomic mass is 16.3. The van der Waals surface area contributed by atoms with Crippen molar-refractivity contribution in [2.75, 3.05) is 0 Å². The molecule has 2 nitrogen and oxygen atoms in total. The Kier molecular flexibility index (Phi) is 3.24. The van der Waals surface area contributed by atoms with Crippen LogP contribution in [0.5, 0.6) is 5.75 Å². The van der Waals surface area contributed by atoms with Crippen LogP contribution in [0.3, 0.4) is 0 Å². The van der Waals surface area contributed by atoms with Crippen LogP contribution in [0.4, 0.5) is 0 Å². The van der Waals surface area contributed by atoms with Crippen LogP contribution in [0, 0.1) is 0 Å². The lowest BCUT2D eigenvalue weighted by molar-refractivity contribution is 0.0988. The Bertz CT molecular complexity index is 527. The summed E-state index contributed by atoms with van der Waals surface area (Å²) in [5.74, 6) is 0.392. The fourth-order valence-corrected chi connectivity index (χ4v) is 1.74. The molecule has 17 heavy (non-hydrogen) atoms. The number of rotatable bonds is 3. The van der Waals surface area contributed by atoms with Crippen LogP contribution in [0.15, 0.2) is 48.5 Å². The molecule has 0 heterocycles. The third-order valence-electron chi connectivity index (χ3n) is 2.71. The number of hydrogen-bond acceptors (Lipinski definition) is 2. The largest absolute Gasteiger partial charge is 0.508 e. The molecule has 0 aliphatic rings. The van der Waals surface area contributed by atoms with E-state index in [0.717, 1.165) is 16.7 Å². The first kappa shape index (κ1) is 11.4. The minimum absolute atomic E-state index is 0.146. The highest BCUT2D eigenvalue weighted by molar-refractivity contribution is 5.96. The summed E-state index contributed by atoms with van der Waals surface area (Å²) >= 11 is 0. The molecule has 2 aromatic rings. The smallest absolute Gasteiger partial charge is 0.162 e. The van der Waals surface area contributed by atoms with Gasteiger partial charge in [0.2, 0.25) is 0 Å². The van der Waals surface area contributed by atoms with Gasteiger partial charge in [0.15, 0.2) is 5.78 Å². The molecule has 0 aliphatic carbocycles. The quantitative estimate of drug-likeness (QED) is 0.811. The Morgan fingerprint density at radius 3 is 2.35 bits per heavy atom. The van der Waals surface area contributed by atoms with Gasteiger partial charge in [0, 0.05) is 12.0 Å². The molecular weight excluding hydrogens is 212 g/mol. The highest BCUT2D eigenvalue weighted by Gasteiger charge is 2.03. The molecule has 1 N–H and O–H groups in total. The summed E-state index contributed by atoms with van der Waals surface area (Å²) in [4.78, 5) is 11.5. The molecule has 0 aromatic heterocycles. The van der Waals surface area contributed by atoms with Crippen molar-refractivity contribution in [2.24, 2.45) is 0 Å². The number of ketones is 1. The van der Waals surface area contributed by atoms with Crippen molar-refractivity contribution in [2.45, 2.75) is 13.3 Å². The Balaban J connectivity index is 2.32. The zero-order valence-corrected chi connectivity index (χ0v) is 9.68. The Labute approximate surface area is 101 Å². The van der Waals surface area contributed by atoms with E-state index in [1.807, 2.05) is 37.3 Å². The standard InChI is InChI=1S/C15H14O2/c1-2-15(17)12-8-6-11(7-9-12)13-4-3-5-14(16)10-13/h3-10,16H,2H2,1H3. The van der Waals surface area contributed by atoms with Gasteiger partial charge in [-0.3, -0.25) is 4.79 Å². The van der Waals surface area contributed by atoms with E-state index in [1.54, 1.807) is 18.2 Å². The maximum atomic E-state index is 11.5. The molecule has 0 unspecified atom stereocenters. The van der Waals surface area contributed by atoms with Crippen LogP contribution >= 0.6 is 0 Å². The number of carbonyl (C=O) groups is 1. The summed E-state index contributed by atoms with van der Waals surface area (Å²) in [6, 6.07) is 14.5. The second-order valence-corrected chi connectivity index (χ2v) is 3.90. The van der Waals surface area contributed by atoms with Gasteiger partial charge in [-0.1, -0.05) is 43.3 Å². The maximum absolute atomic E-state index is 11.5. The van der Waals surface area contributed by atoms with Crippen molar-refractivity contribution in [3.63, 3.8) is 0 Å². The Morgan fingerprint density at radius 1 is 1.06 bits per heavy atom. The molecule has 0 amide bonds. The number of benzene rings is 2. The van der Waals surface area contributed by atoms with Gasteiger partial charge in [0.25, 0.3) is 0 Å². The zero-order valence-electron chi connectivity index (χ0n) is 9.68. The summed E-state index contributed by atoms with van der Waals surface area (Å²) < 4.78 is 0. The van der Waals surface area contributed by atoms with Crippen molar-refractivity contribution in [3.05, 3.63) is 54.1 Å². The summed E-state index contributed by atoms with van der Waals surface area (Å²) in [6.07, 6.45) is 0.519. The number of phenolic OH excluding ortho intramolecular Hbond substituents is 1. The van der Waals surface area contributed by atoms with Crippen LogP contribution in [-0.4, -0.2) is 10.9 Å². The second-order valence-electron chi connectivity index (χ2n) is 3.90. The highest BCUT2D eigenvalue weighted by Crippen LogP contribution is 2.23. The minimum Gasteiger partial charge on any atom is -0.508 e. The third-order valence-corrected chi connectivity index (χ3v) is 2.71. The minimum atomic E-state index is 0.146. The van der Waals surface area contributed by atoms with Crippen molar-refractivity contribution in [1.29, 1.82) is 0 Å². The average Bonchev–Trinajstić information content (AvgIpc) is 2.38. The SMILES string of the molecule is CCC(=O)c1ccc(-c2cccc(O)c2)cc1. The van der Waals surface area contributed by atoms with E-state index in [1.165, 1.54) is 0 Å². The van der Waals surface area contributed by atoms with E-state index in [2.05, 4.69) is 0 Å². The Morgan fingerprint density at radius 2 is 1.76 bits per heavy atom. The molecular formula is C15H14O2. The number of hydrogen-bond donors (Lipinski definition) is 1. The van der Waals surface area contributed by atoms with E-state index in [9.17, 15) is 9.90 Å². The van der Waals surface area contributed by atoms with Crippen LogP contribution in [0.1, 0.15) is 23.7 Å². The molecule has 0 atom stereocenters. The second kappa shape index (κ2) is 4.83. The molecule has 0 saturated heterocycles. The number of aromatic hydroxyl groups is 1. The lowest BCUT2D eigenvalue weighted by Gasteiger charge is -2.03. The molecule has 86 valence electrons. The van der Waals surface area contributed by atoms with Crippen LogP contribution < -0.4 is 0 Å². The molecule has 0 radical (unpaired) electrons. The van der Waals surface area contributed by atoms with Gasteiger partial charge in [0.05, 0.1) is 0 Å². The van der Waals surface area contributed by atoms with Gasteiger partial charge in [0.1, 0.15) is 5.75 Å². The van der Waals surface area contributed by atoms with Gasteiger partial charge >= 0.3 is 0 Å². The van der Waals surface area contributed by atoms with E-state index in [4.69, 9.17) is 0 Å². The fraction of sp³-hybridized carbons (Fsp3) is 0.133. The lowest BCUT2D eigenvalue weighted by atomic mass is 10.0. The van der Waals surface area contributed by atoms with Gasteiger partial charge in [-0.2, -0.15) is 0 Å². The molecule has 0 saturated carbocycles. The first-order valence-corrected chi connectivity index (χ1v) is 5.63. The summed E-state index contributed by atoms with van der Waals surface area (Å²) in [5, 5.41) is 9.40. The average molecular weight is 226 g/mol. The van der Waals surface area contributed by atoms with E-state index < -0.39 is 0 Å². The summed E-state index contributed by atoms with van der Waals surface area (Å²) in [6.45, 7) is 1.85. The maximum Gasteiger partial charge on any atom is 0.162 e. The van der Waals surface area contributed by atoms with Crippen molar-refractivity contribution >= 4 is 5.78 Å². The molecule has 2 aromatic carbocycles. The summed E-state index contributed by atoms with van der Waals surface area (Å²) in [5.41, 5.74) is 2.67. The van der Waals surface area contributed by atoms with Gasteiger partial charge in [-0.25, -0.2) is 0 Å². The lowest BCUT2D eigenvalue weighted by Crippen LogP contribution is -1.95. The number of phenols is 1.